The first-order valence-corrected chi connectivity index (χ1v) is 5.74. The Balaban J connectivity index is 2.23. The molecule has 6 heteroatoms. The number of ether oxygens (including phenoxy) is 1. The van der Waals surface area contributed by atoms with E-state index < -0.39 is 17.5 Å². The molecule has 0 radical (unpaired) electrons. The van der Waals surface area contributed by atoms with E-state index in [1.54, 1.807) is 18.2 Å². The van der Waals surface area contributed by atoms with E-state index in [1.807, 2.05) is 0 Å². The van der Waals surface area contributed by atoms with E-state index in [4.69, 9.17) is 10.5 Å². The SMILES string of the molecule is COc1ccc(NC(=O)c2ccc(F)cc2O)c(N)c1. The van der Waals surface area contributed by atoms with E-state index in [2.05, 4.69) is 5.32 Å². The normalized spacial score (nSPS) is 10.1. The summed E-state index contributed by atoms with van der Waals surface area (Å²) in [4.78, 5) is 12.0. The molecule has 0 fully saturated rings. The summed E-state index contributed by atoms with van der Waals surface area (Å²) in [7, 11) is 1.50. The van der Waals surface area contributed by atoms with Crippen molar-refractivity contribution in [3.05, 3.63) is 47.8 Å². The van der Waals surface area contributed by atoms with Crippen LogP contribution < -0.4 is 15.8 Å². The highest BCUT2D eigenvalue weighted by molar-refractivity contribution is 6.07. The number of rotatable bonds is 3. The smallest absolute Gasteiger partial charge is 0.259 e. The van der Waals surface area contributed by atoms with Crippen molar-refractivity contribution in [2.45, 2.75) is 0 Å². The van der Waals surface area contributed by atoms with E-state index in [-0.39, 0.29) is 5.56 Å². The van der Waals surface area contributed by atoms with Gasteiger partial charge in [0.15, 0.2) is 0 Å². The van der Waals surface area contributed by atoms with Gasteiger partial charge in [-0.05, 0) is 24.3 Å². The van der Waals surface area contributed by atoms with Crippen LogP contribution >= 0.6 is 0 Å². The molecule has 0 aliphatic rings. The highest BCUT2D eigenvalue weighted by atomic mass is 19.1. The monoisotopic (exact) mass is 276 g/mol. The molecular weight excluding hydrogens is 263 g/mol. The molecule has 20 heavy (non-hydrogen) atoms. The number of aromatic hydroxyl groups is 1. The fraction of sp³-hybridized carbons (Fsp3) is 0.0714. The third-order valence-corrected chi connectivity index (χ3v) is 2.71. The van der Waals surface area contributed by atoms with Crippen molar-refractivity contribution < 1.29 is 19.0 Å². The molecule has 0 heterocycles. The molecule has 0 spiro atoms. The molecule has 5 nitrogen and oxygen atoms in total. The molecule has 1 amide bonds. The van der Waals surface area contributed by atoms with Crippen molar-refractivity contribution >= 4 is 17.3 Å². The van der Waals surface area contributed by atoms with Crippen LogP contribution in [0.2, 0.25) is 0 Å². The maximum Gasteiger partial charge on any atom is 0.259 e. The number of nitrogen functional groups attached to an aromatic ring is 1. The van der Waals surface area contributed by atoms with E-state index in [0.29, 0.717) is 17.1 Å². The molecule has 0 saturated heterocycles. The molecule has 4 N–H and O–H groups in total. The number of nitrogens with one attached hydrogen (secondary N) is 1. The van der Waals surface area contributed by atoms with Crippen LogP contribution in [0.25, 0.3) is 0 Å². The Morgan fingerprint density at radius 2 is 2.05 bits per heavy atom. The number of hydrogen-bond acceptors (Lipinski definition) is 4. The number of carbonyl (C=O) groups is 1. The van der Waals surface area contributed by atoms with Crippen molar-refractivity contribution in [1.82, 2.24) is 0 Å². The molecule has 0 atom stereocenters. The fourth-order valence-corrected chi connectivity index (χ4v) is 1.67. The Bertz CT molecular complexity index is 659. The number of nitrogens with two attached hydrogens (primary N) is 1. The Morgan fingerprint density at radius 1 is 1.30 bits per heavy atom. The summed E-state index contributed by atoms with van der Waals surface area (Å²) in [6, 6.07) is 7.92. The molecule has 2 aromatic rings. The van der Waals surface area contributed by atoms with Crippen LogP contribution in [0.5, 0.6) is 11.5 Å². The van der Waals surface area contributed by atoms with Crippen LogP contribution in [0.1, 0.15) is 10.4 Å². The van der Waals surface area contributed by atoms with Crippen molar-refractivity contribution in [3.8, 4) is 11.5 Å². The van der Waals surface area contributed by atoms with Crippen molar-refractivity contribution in [3.63, 3.8) is 0 Å². The Labute approximate surface area is 114 Å². The van der Waals surface area contributed by atoms with Crippen LogP contribution in [0.4, 0.5) is 15.8 Å². The summed E-state index contributed by atoms with van der Waals surface area (Å²) >= 11 is 0. The van der Waals surface area contributed by atoms with Gasteiger partial charge in [0.25, 0.3) is 5.91 Å². The molecule has 0 unspecified atom stereocenters. The van der Waals surface area contributed by atoms with Gasteiger partial charge in [0.05, 0.1) is 24.0 Å². The Hall–Kier alpha value is -2.76. The standard InChI is InChI=1S/C14H13FN2O3/c1-20-9-3-5-12(11(16)7-9)17-14(19)10-4-2-8(15)6-13(10)18/h2-7,18H,16H2,1H3,(H,17,19). The maximum absolute atomic E-state index is 12.9. The van der Waals surface area contributed by atoms with Crippen LogP contribution in [-0.2, 0) is 0 Å². The minimum absolute atomic E-state index is 0.0402. The summed E-state index contributed by atoms with van der Waals surface area (Å²) in [5, 5.41) is 12.1. The topological polar surface area (TPSA) is 84.6 Å². The number of phenols is 1. The molecule has 2 aromatic carbocycles. The fourth-order valence-electron chi connectivity index (χ4n) is 1.67. The Kier molecular flexibility index (Phi) is 3.74. The maximum atomic E-state index is 12.9. The molecule has 0 bridgehead atoms. The number of halogens is 1. The van der Waals surface area contributed by atoms with E-state index in [0.717, 1.165) is 12.1 Å². The van der Waals surface area contributed by atoms with Crippen molar-refractivity contribution in [2.24, 2.45) is 0 Å². The highest BCUT2D eigenvalue weighted by Gasteiger charge is 2.13. The Morgan fingerprint density at radius 3 is 2.65 bits per heavy atom. The van der Waals surface area contributed by atoms with Crippen LogP contribution in [0.15, 0.2) is 36.4 Å². The molecule has 0 aromatic heterocycles. The average Bonchev–Trinajstić information content (AvgIpc) is 2.40. The van der Waals surface area contributed by atoms with Crippen molar-refractivity contribution in [1.29, 1.82) is 0 Å². The van der Waals surface area contributed by atoms with Gasteiger partial charge in [0.1, 0.15) is 17.3 Å². The van der Waals surface area contributed by atoms with Gasteiger partial charge in [0, 0.05) is 12.1 Å². The van der Waals surface area contributed by atoms with Gasteiger partial charge < -0.3 is 20.9 Å². The number of amides is 1. The lowest BCUT2D eigenvalue weighted by Crippen LogP contribution is -2.13. The van der Waals surface area contributed by atoms with Crippen LogP contribution in [0.3, 0.4) is 0 Å². The highest BCUT2D eigenvalue weighted by Crippen LogP contribution is 2.26. The van der Waals surface area contributed by atoms with E-state index in [1.165, 1.54) is 13.2 Å². The predicted molar refractivity (Wildman–Crippen MR) is 73.4 cm³/mol. The van der Waals surface area contributed by atoms with Crippen LogP contribution in [-0.4, -0.2) is 18.1 Å². The summed E-state index contributed by atoms with van der Waals surface area (Å²) in [5.74, 6) is -1.08. The second kappa shape index (κ2) is 5.48. The largest absolute Gasteiger partial charge is 0.507 e. The first kappa shape index (κ1) is 13.7. The number of anilines is 2. The number of hydrogen-bond donors (Lipinski definition) is 3. The van der Waals surface area contributed by atoms with E-state index in [9.17, 15) is 14.3 Å². The van der Waals surface area contributed by atoms with Gasteiger partial charge >= 0.3 is 0 Å². The minimum atomic E-state index is -0.622. The number of phenolic OH excluding ortho intramolecular Hbond substituents is 1. The zero-order valence-corrected chi connectivity index (χ0v) is 10.7. The van der Waals surface area contributed by atoms with Crippen LogP contribution in [0, 0.1) is 5.82 Å². The van der Waals surface area contributed by atoms with Gasteiger partial charge in [-0.3, -0.25) is 4.79 Å². The third-order valence-electron chi connectivity index (χ3n) is 2.71. The zero-order chi connectivity index (χ0) is 14.7. The predicted octanol–water partition coefficient (Wildman–Crippen LogP) is 2.37. The lowest BCUT2D eigenvalue weighted by Gasteiger charge is -2.10. The number of carbonyl (C=O) groups excluding carboxylic acids is 1. The summed E-state index contributed by atoms with van der Waals surface area (Å²) < 4.78 is 17.9. The molecular formula is C14H13FN2O3. The number of benzene rings is 2. The van der Waals surface area contributed by atoms with Gasteiger partial charge in [0.2, 0.25) is 0 Å². The lowest BCUT2D eigenvalue weighted by atomic mass is 10.1. The van der Waals surface area contributed by atoms with Gasteiger partial charge in [-0.25, -0.2) is 4.39 Å². The molecule has 0 aliphatic carbocycles. The van der Waals surface area contributed by atoms with Gasteiger partial charge in [-0.1, -0.05) is 0 Å². The first-order valence-electron chi connectivity index (χ1n) is 5.74. The summed E-state index contributed by atoms with van der Waals surface area (Å²) in [6.45, 7) is 0. The average molecular weight is 276 g/mol. The first-order chi connectivity index (χ1) is 9.51. The third kappa shape index (κ3) is 2.80. The minimum Gasteiger partial charge on any atom is -0.507 e. The zero-order valence-electron chi connectivity index (χ0n) is 10.7. The quantitative estimate of drug-likeness (QED) is 0.751. The second-order valence-corrected chi connectivity index (χ2v) is 4.07. The molecule has 0 aliphatic heterocycles. The second-order valence-electron chi connectivity index (χ2n) is 4.07. The molecule has 0 saturated carbocycles. The number of methoxy groups -OCH3 is 1. The van der Waals surface area contributed by atoms with Crippen molar-refractivity contribution in [2.75, 3.05) is 18.2 Å². The lowest BCUT2D eigenvalue weighted by molar-refractivity contribution is 0.102. The van der Waals surface area contributed by atoms with E-state index >= 15 is 0 Å². The molecule has 2 rings (SSSR count). The summed E-state index contributed by atoms with van der Waals surface area (Å²) in [5.41, 5.74) is 6.42. The summed E-state index contributed by atoms with van der Waals surface area (Å²) in [6.07, 6.45) is 0. The molecule has 104 valence electrons. The van der Waals surface area contributed by atoms with Gasteiger partial charge in [-0.15, -0.1) is 0 Å². The van der Waals surface area contributed by atoms with Gasteiger partial charge in [-0.2, -0.15) is 0 Å².